The fourth-order valence-electron chi connectivity index (χ4n) is 0.176. The lowest BCUT2D eigenvalue weighted by Gasteiger charge is -1.47. The molecule has 1 rings (SSSR count). The summed E-state index contributed by atoms with van der Waals surface area (Å²) in [6.07, 6.45) is 4.72. The second kappa shape index (κ2) is 5.68. The summed E-state index contributed by atoms with van der Waals surface area (Å²) in [6.45, 7) is 0. The highest BCUT2D eigenvalue weighted by Crippen LogP contribution is 1.72. The molecule has 2 N–H and O–H groups in total. The minimum atomic E-state index is 0.250. The first-order valence-corrected chi connectivity index (χ1v) is 1.89. The van der Waals surface area contributed by atoms with Crippen molar-refractivity contribution in [1.29, 1.82) is 0 Å². The maximum atomic E-state index is 8.58. The Bertz CT molecular complexity index is 98.4. The van der Waals surface area contributed by atoms with Crippen LogP contribution in [0.3, 0.4) is 0 Å². The third kappa shape index (κ3) is 4.68. The van der Waals surface area contributed by atoms with Gasteiger partial charge in [-0.25, -0.2) is 4.98 Å². The molecule has 0 fully saturated rings. The van der Waals surface area contributed by atoms with Gasteiger partial charge in [-0.3, -0.25) is 4.79 Å². The largest absolute Gasteiger partial charge is 0.452 e. The van der Waals surface area contributed by atoms with E-state index in [9.17, 15) is 0 Å². The Hall–Kier alpha value is -1.32. The second-order valence-corrected chi connectivity index (χ2v) is 0.812. The van der Waals surface area contributed by atoms with E-state index in [1.165, 1.54) is 12.7 Å². The summed E-state index contributed by atoms with van der Waals surface area (Å²) < 4.78 is 4.47. The summed E-state index contributed by atoms with van der Waals surface area (Å²) in [5.41, 5.74) is 4.17. The van der Waals surface area contributed by atoms with Crippen LogP contribution in [0.4, 0.5) is 0 Å². The molecule has 4 heteroatoms. The van der Waals surface area contributed by atoms with Crippen molar-refractivity contribution in [3.8, 4) is 0 Å². The number of nitrogens with zero attached hydrogens (tertiary/aromatic N) is 1. The first kappa shape index (κ1) is 6.68. The third-order valence-corrected chi connectivity index (χ3v) is 0.347. The molecule has 44 valence electrons. The monoisotopic (exact) mass is 114 g/mol. The molecule has 0 aliphatic heterocycles. The van der Waals surface area contributed by atoms with Crippen LogP contribution in [-0.4, -0.2) is 11.4 Å². The van der Waals surface area contributed by atoms with Gasteiger partial charge in [0.15, 0.2) is 6.39 Å². The summed E-state index contributed by atoms with van der Waals surface area (Å²) >= 11 is 0. The molecule has 8 heavy (non-hydrogen) atoms. The number of oxazole rings is 1. The number of aromatic nitrogens is 1. The molecule has 0 unspecified atom stereocenters. The van der Waals surface area contributed by atoms with E-state index in [1.54, 1.807) is 6.20 Å². The minimum absolute atomic E-state index is 0.250. The number of nitrogens with two attached hydrogens (primary N) is 1. The Morgan fingerprint density at radius 1 is 1.75 bits per heavy atom. The van der Waals surface area contributed by atoms with Crippen molar-refractivity contribution >= 4 is 6.41 Å². The Morgan fingerprint density at radius 3 is 2.50 bits per heavy atom. The van der Waals surface area contributed by atoms with E-state index in [0.717, 1.165) is 0 Å². The van der Waals surface area contributed by atoms with Gasteiger partial charge in [0, 0.05) is 0 Å². The van der Waals surface area contributed by atoms with Crippen molar-refractivity contribution in [3.63, 3.8) is 0 Å². The van der Waals surface area contributed by atoms with E-state index in [4.69, 9.17) is 4.79 Å². The number of hydrogen-bond acceptors (Lipinski definition) is 3. The quantitative estimate of drug-likeness (QED) is 0.474. The van der Waals surface area contributed by atoms with Crippen molar-refractivity contribution in [3.05, 3.63) is 18.9 Å². The molecule has 0 bridgehead atoms. The number of carbonyl (C=O) groups excluding carboxylic acids is 1. The first-order chi connectivity index (χ1) is 3.91. The van der Waals surface area contributed by atoms with Crippen molar-refractivity contribution in [2.24, 2.45) is 5.73 Å². The molecule has 4 nitrogen and oxygen atoms in total. The molecule has 1 aromatic heterocycles. The van der Waals surface area contributed by atoms with Crippen LogP contribution < -0.4 is 5.73 Å². The van der Waals surface area contributed by atoms with E-state index < -0.39 is 0 Å². The lowest BCUT2D eigenvalue weighted by atomic mass is 11.0. The molecule has 0 saturated carbocycles. The molecule has 0 spiro atoms. The maximum Gasteiger partial charge on any atom is 0.204 e. The lowest BCUT2D eigenvalue weighted by molar-refractivity contribution is -0.106. The zero-order valence-corrected chi connectivity index (χ0v) is 4.15. The van der Waals surface area contributed by atoms with Crippen LogP contribution in [0.1, 0.15) is 0 Å². The molecule has 1 heterocycles. The van der Waals surface area contributed by atoms with Gasteiger partial charge in [-0.05, 0) is 0 Å². The van der Waals surface area contributed by atoms with Gasteiger partial charge >= 0.3 is 0 Å². The molecule has 1 aromatic rings. The fraction of sp³-hybridized carbons (Fsp3) is 0. The molecular formula is C4H6N2O2. The minimum Gasteiger partial charge on any atom is -0.452 e. The SMILES string of the molecule is NC=O.c1cocn1. The average molecular weight is 114 g/mol. The van der Waals surface area contributed by atoms with Crippen molar-refractivity contribution < 1.29 is 9.21 Å². The van der Waals surface area contributed by atoms with Crippen LogP contribution in [0.15, 0.2) is 23.3 Å². The Kier molecular flexibility index (Phi) is 4.74. The second-order valence-electron chi connectivity index (χ2n) is 0.812. The van der Waals surface area contributed by atoms with Crippen molar-refractivity contribution in [1.82, 2.24) is 4.98 Å². The number of primary amides is 1. The summed E-state index contributed by atoms with van der Waals surface area (Å²) in [4.78, 5) is 12.1. The van der Waals surface area contributed by atoms with Gasteiger partial charge in [-0.1, -0.05) is 0 Å². The van der Waals surface area contributed by atoms with Crippen molar-refractivity contribution in [2.75, 3.05) is 0 Å². The molecule has 1 amide bonds. The van der Waals surface area contributed by atoms with E-state index >= 15 is 0 Å². The van der Waals surface area contributed by atoms with Gasteiger partial charge < -0.3 is 10.2 Å². The maximum absolute atomic E-state index is 8.58. The molecule has 0 radical (unpaired) electrons. The van der Waals surface area contributed by atoms with Crippen LogP contribution in [0.25, 0.3) is 0 Å². The number of carbonyl (C=O) groups is 1. The molecular weight excluding hydrogens is 108 g/mol. The van der Waals surface area contributed by atoms with E-state index in [0.29, 0.717) is 0 Å². The number of hydrogen-bond donors (Lipinski definition) is 1. The summed E-state index contributed by atoms with van der Waals surface area (Å²) in [7, 11) is 0. The lowest BCUT2D eigenvalue weighted by Crippen LogP contribution is -1.82. The highest BCUT2D eigenvalue weighted by atomic mass is 16.3. The highest BCUT2D eigenvalue weighted by Gasteiger charge is 1.59. The third-order valence-electron chi connectivity index (χ3n) is 0.347. The van der Waals surface area contributed by atoms with Crippen LogP contribution in [0.2, 0.25) is 0 Å². The Balaban J connectivity index is 0.000000145. The van der Waals surface area contributed by atoms with E-state index in [2.05, 4.69) is 15.1 Å². The Morgan fingerprint density at radius 2 is 2.38 bits per heavy atom. The topological polar surface area (TPSA) is 69.1 Å². The predicted molar refractivity (Wildman–Crippen MR) is 26.8 cm³/mol. The molecule has 0 aromatic carbocycles. The zero-order chi connectivity index (χ0) is 6.24. The van der Waals surface area contributed by atoms with Gasteiger partial charge in [0.25, 0.3) is 0 Å². The number of amides is 1. The molecule has 0 aliphatic rings. The predicted octanol–water partition coefficient (Wildman–Crippen LogP) is -0.224. The molecule has 0 aliphatic carbocycles. The average Bonchev–Trinajstić information content (AvgIpc) is 2.17. The molecule has 0 atom stereocenters. The van der Waals surface area contributed by atoms with Gasteiger partial charge in [0.1, 0.15) is 6.26 Å². The van der Waals surface area contributed by atoms with Crippen LogP contribution in [0, 0.1) is 0 Å². The van der Waals surface area contributed by atoms with Gasteiger partial charge in [-0.15, -0.1) is 0 Å². The standard InChI is InChI=1S/C3H3NO.CH3NO/c1-2-5-3-4-1;2-1-3/h1-3H;1H,(H2,2,3). The van der Waals surface area contributed by atoms with E-state index in [-0.39, 0.29) is 6.41 Å². The highest BCUT2D eigenvalue weighted by molar-refractivity contribution is 5.42. The number of rotatable bonds is 0. The molecule has 0 saturated heterocycles. The summed E-state index contributed by atoms with van der Waals surface area (Å²) in [5, 5.41) is 0. The van der Waals surface area contributed by atoms with Gasteiger partial charge in [0.2, 0.25) is 6.41 Å². The van der Waals surface area contributed by atoms with Crippen LogP contribution >= 0.6 is 0 Å². The summed E-state index contributed by atoms with van der Waals surface area (Å²) in [5.74, 6) is 0. The normalized spacial score (nSPS) is 6.50. The first-order valence-electron chi connectivity index (χ1n) is 1.89. The van der Waals surface area contributed by atoms with E-state index in [1.807, 2.05) is 0 Å². The Labute approximate surface area is 46.3 Å². The van der Waals surface area contributed by atoms with Crippen LogP contribution in [-0.2, 0) is 4.79 Å². The van der Waals surface area contributed by atoms with Gasteiger partial charge in [0.05, 0.1) is 6.20 Å². The fourth-order valence-corrected chi connectivity index (χ4v) is 0.176. The van der Waals surface area contributed by atoms with Gasteiger partial charge in [-0.2, -0.15) is 0 Å². The van der Waals surface area contributed by atoms with Crippen LogP contribution in [0.5, 0.6) is 0 Å². The smallest absolute Gasteiger partial charge is 0.204 e. The zero-order valence-electron chi connectivity index (χ0n) is 4.15. The van der Waals surface area contributed by atoms with Crippen molar-refractivity contribution in [2.45, 2.75) is 0 Å². The summed E-state index contributed by atoms with van der Waals surface area (Å²) in [6, 6.07) is 0.